The third-order valence-corrected chi connectivity index (χ3v) is 2.14. The minimum absolute atomic E-state index is 0.112. The summed E-state index contributed by atoms with van der Waals surface area (Å²) in [6.45, 7) is 2.06. The molecule has 1 aliphatic rings. The first-order chi connectivity index (χ1) is 5.72. The van der Waals surface area contributed by atoms with Gasteiger partial charge in [0.1, 0.15) is 0 Å². The quantitative estimate of drug-likeness (QED) is 0.639. The molecular formula is C9H17NO2. The van der Waals surface area contributed by atoms with Crippen molar-refractivity contribution < 1.29 is 9.90 Å². The van der Waals surface area contributed by atoms with Crippen LogP contribution >= 0.6 is 0 Å². The van der Waals surface area contributed by atoms with E-state index < -0.39 is 0 Å². The Morgan fingerprint density at radius 1 is 1.67 bits per heavy atom. The molecule has 3 nitrogen and oxygen atoms in total. The summed E-state index contributed by atoms with van der Waals surface area (Å²) < 4.78 is 0. The molecule has 1 atom stereocenters. The van der Waals surface area contributed by atoms with Gasteiger partial charge in [-0.1, -0.05) is 0 Å². The molecule has 0 spiro atoms. The van der Waals surface area contributed by atoms with Crippen molar-refractivity contribution in [1.29, 1.82) is 0 Å². The van der Waals surface area contributed by atoms with Crippen LogP contribution in [0.1, 0.15) is 32.6 Å². The van der Waals surface area contributed by atoms with Gasteiger partial charge in [0.2, 0.25) is 5.91 Å². The van der Waals surface area contributed by atoms with Crippen molar-refractivity contribution in [2.24, 2.45) is 5.92 Å². The molecule has 2 N–H and O–H groups in total. The van der Waals surface area contributed by atoms with Gasteiger partial charge in [0.25, 0.3) is 0 Å². The van der Waals surface area contributed by atoms with Crippen molar-refractivity contribution >= 4 is 5.91 Å². The topological polar surface area (TPSA) is 49.3 Å². The summed E-state index contributed by atoms with van der Waals surface area (Å²) in [6, 6.07) is 0.112. The highest BCUT2D eigenvalue weighted by Crippen LogP contribution is 2.32. The smallest absolute Gasteiger partial charge is 0.220 e. The van der Waals surface area contributed by atoms with Gasteiger partial charge in [-0.25, -0.2) is 0 Å². The second-order valence-electron chi connectivity index (χ2n) is 3.63. The molecule has 1 rings (SSSR count). The fourth-order valence-corrected chi connectivity index (χ4v) is 1.18. The zero-order valence-corrected chi connectivity index (χ0v) is 7.55. The number of hydrogen-bond donors (Lipinski definition) is 2. The van der Waals surface area contributed by atoms with E-state index in [9.17, 15) is 4.79 Å². The standard InChI is InChI=1S/C9H17NO2/c1-7(4-5-11)10-9(12)6-8-2-3-8/h7-8,11H,2-6H2,1H3,(H,10,12). The Balaban J connectivity index is 2.06. The van der Waals surface area contributed by atoms with Crippen LogP contribution < -0.4 is 5.32 Å². The number of carbonyl (C=O) groups excluding carboxylic acids is 1. The first kappa shape index (κ1) is 9.52. The average molecular weight is 171 g/mol. The maximum Gasteiger partial charge on any atom is 0.220 e. The molecule has 0 aliphatic heterocycles. The summed E-state index contributed by atoms with van der Waals surface area (Å²) in [4.78, 5) is 11.2. The van der Waals surface area contributed by atoms with Crippen LogP contribution in [-0.4, -0.2) is 23.7 Å². The predicted molar refractivity (Wildman–Crippen MR) is 46.6 cm³/mol. The number of hydrogen-bond acceptors (Lipinski definition) is 2. The molecule has 3 heteroatoms. The zero-order chi connectivity index (χ0) is 8.97. The monoisotopic (exact) mass is 171 g/mol. The van der Waals surface area contributed by atoms with Gasteiger partial charge in [0.15, 0.2) is 0 Å². The lowest BCUT2D eigenvalue weighted by Crippen LogP contribution is -2.33. The highest BCUT2D eigenvalue weighted by molar-refractivity contribution is 5.76. The van der Waals surface area contributed by atoms with Crippen molar-refractivity contribution in [3.8, 4) is 0 Å². The summed E-state index contributed by atoms with van der Waals surface area (Å²) >= 11 is 0. The molecule has 1 saturated carbocycles. The van der Waals surface area contributed by atoms with Gasteiger partial charge in [0, 0.05) is 19.1 Å². The second kappa shape index (κ2) is 4.45. The Bertz CT molecular complexity index is 155. The molecule has 0 radical (unpaired) electrons. The van der Waals surface area contributed by atoms with E-state index in [1.807, 2.05) is 6.92 Å². The Labute approximate surface area is 73.2 Å². The molecule has 0 aromatic heterocycles. The highest BCUT2D eigenvalue weighted by atomic mass is 16.3. The SMILES string of the molecule is CC(CCO)NC(=O)CC1CC1. The fourth-order valence-electron chi connectivity index (χ4n) is 1.18. The molecule has 1 aliphatic carbocycles. The molecule has 0 aromatic rings. The lowest BCUT2D eigenvalue weighted by atomic mass is 10.2. The molecule has 0 aromatic carbocycles. The average Bonchev–Trinajstić information content (AvgIpc) is 2.71. The van der Waals surface area contributed by atoms with E-state index >= 15 is 0 Å². The van der Waals surface area contributed by atoms with Crippen LogP contribution in [0.25, 0.3) is 0 Å². The van der Waals surface area contributed by atoms with Crippen LogP contribution in [0.4, 0.5) is 0 Å². The normalized spacial score (nSPS) is 18.8. The minimum atomic E-state index is 0.112. The largest absolute Gasteiger partial charge is 0.396 e. The van der Waals surface area contributed by atoms with E-state index in [-0.39, 0.29) is 18.6 Å². The molecule has 1 amide bonds. The summed E-state index contributed by atoms with van der Waals surface area (Å²) in [6.07, 6.45) is 3.75. The van der Waals surface area contributed by atoms with Gasteiger partial charge in [-0.05, 0) is 32.1 Å². The van der Waals surface area contributed by atoms with E-state index in [1.165, 1.54) is 12.8 Å². The van der Waals surface area contributed by atoms with Crippen LogP contribution in [-0.2, 0) is 4.79 Å². The maximum atomic E-state index is 11.2. The van der Waals surface area contributed by atoms with E-state index in [2.05, 4.69) is 5.32 Å². The van der Waals surface area contributed by atoms with Gasteiger partial charge >= 0.3 is 0 Å². The van der Waals surface area contributed by atoms with Crippen molar-refractivity contribution in [3.05, 3.63) is 0 Å². The molecule has 0 heterocycles. The summed E-state index contributed by atoms with van der Waals surface area (Å²) in [7, 11) is 0. The highest BCUT2D eigenvalue weighted by Gasteiger charge is 2.24. The zero-order valence-electron chi connectivity index (χ0n) is 7.55. The lowest BCUT2D eigenvalue weighted by molar-refractivity contribution is -0.122. The van der Waals surface area contributed by atoms with E-state index in [0.29, 0.717) is 18.8 Å². The molecule has 70 valence electrons. The first-order valence-electron chi connectivity index (χ1n) is 4.62. The van der Waals surface area contributed by atoms with Crippen molar-refractivity contribution in [2.45, 2.75) is 38.6 Å². The number of carbonyl (C=O) groups is 1. The summed E-state index contributed by atoms with van der Waals surface area (Å²) in [5.74, 6) is 0.782. The molecule has 1 fully saturated rings. The Kier molecular flexibility index (Phi) is 3.53. The van der Waals surface area contributed by atoms with Crippen molar-refractivity contribution in [1.82, 2.24) is 5.32 Å². The first-order valence-corrected chi connectivity index (χ1v) is 4.62. The van der Waals surface area contributed by atoms with Crippen LogP contribution in [0.2, 0.25) is 0 Å². The number of aliphatic hydroxyl groups is 1. The van der Waals surface area contributed by atoms with Gasteiger partial charge in [-0.2, -0.15) is 0 Å². The Hall–Kier alpha value is -0.570. The van der Waals surface area contributed by atoms with Crippen LogP contribution in [0.15, 0.2) is 0 Å². The van der Waals surface area contributed by atoms with Crippen molar-refractivity contribution in [3.63, 3.8) is 0 Å². The molecule has 12 heavy (non-hydrogen) atoms. The molecule has 1 unspecified atom stereocenters. The van der Waals surface area contributed by atoms with Crippen LogP contribution in [0, 0.1) is 5.92 Å². The van der Waals surface area contributed by atoms with E-state index in [1.54, 1.807) is 0 Å². The van der Waals surface area contributed by atoms with Crippen LogP contribution in [0.3, 0.4) is 0 Å². The number of nitrogens with one attached hydrogen (secondary N) is 1. The van der Waals surface area contributed by atoms with Gasteiger partial charge < -0.3 is 10.4 Å². The van der Waals surface area contributed by atoms with Gasteiger partial charge in [-0.3, -0.25) is 4.79 Å². The van der Waals surface area contributed by atoms with Crippen molar-refractivity contribution in [2.75, 3.05) is 6.61 Å². The molecular weight excluding hydrogens is 154 g/mol. The Morgan fingerprint density at radius 2 is 2.33 bits per heavy atom. The third-order valence-electron chi connectivity index (χ3n) is 2.14. The number of rotatable bonds is 5. The van der Waals surface area contributed by atoms with Gasteiger partial charge in [-0.15, -0.1) is 0 Å². The maximum absolute atomic E-state index is 11.2. The minimum Gasteiger partial charge on any atom is -0.396 e. The van der Waals surface area contributed by atoms with E-state index in [4.69, 9.17) is 5.11 Å². The Morgan fingerprint density at radius 3 is 2.83 bits per heavy atom. The van der Waals surface area contributed by atoms with E-state index in [0.717, 1.165) is 0 Å². The summed E-state index contributed by atoms with van der Waals surface area (Å²) in [5.41, 5.74) is 0. The number of aliphatic hydroxyl groups excluding tert-OH is 1. The van der Waals surface area contributed by atoms with Gasteiger partial charge in [0.05, 0.1) is 0 Å². The molecule has 0 saturated heterocycles. The number of amides is 1. The molecule has 0 bridgehead atoms. The fraction of sp³-hybridized carbons (Fsp3) is 0.889. The second-order valence-corrected chi connectivity index (χ2v) is 3.63. The lowest BCUT2D eigenvalue weighted by Gasteiger charge is -2.11. The summed E-state index contributed by atoms with van der Waals surface area (Å²) in [5, 5.41) is 11.4. The predicted octanol–water partition coefficient (Wildman–Crippen LogP) is 0.674. The third kappa shape index (κ3) is 3.72. The van der Waals surface area contributed by atoms with Crippen LogP contribution in [0.5, 0.6) is 0 Å².